The highest BCUT2D eigenvalue weighted by atomic mass is 16.6. The first-order chi connectivity index (χ1) is 18.9. The number of ether oxygens (including phenoxy) is 3. The van der Waals surface area contributed by atoms with Crippen LogP contribution in [0.2, 0.25) is 0 Å². The summed E-state index contributed by atoms with van der Waals surface area (Å²) in [5, 5.41) is 0. The Morgan fingerprint density at radius 2 is 1.44 bits per heavy atom. The standard InChI is InChI=1S/C31H30N2O6/c1-21-19-33(30(36)32-29(21)35)28-18-26(38-22(2)34)27(39-28)20-37-31(23-12-6-3-7-13-23,24-14-8-4-9-15-24)25-16-10-5-11-17-25/h3-17,19,26-28H,18,20H2,1-2H3,(H,32,35,36). The first-order valence-corrected chi connectivity index (χ1v) is 12.8. The van der Waals surface area contributed by atoms with E-state index in [1.165, 1.54) is 17.7 Å². The van der Waals surface area contributed by atoms with Gasteiger partial charge in [-0.2, -0.15) is 0 Å². The number of carbonyl (C=O) groups excluding carboxylic acids is 1. The van der Waals surface area contributed by atoms with Gasteiger partial charge in [0.25, 0.3) is 5.56 Å². The summed E-state index contributed by atoms with van der Waals surface area (Å²) in [6.07, 6.45) is -0.387. The van der Waals surface area contributed by atoms with E-state index < -0.39 is 41.3 Å². The number of aromatic nitrogens is 2. The van der Waals surface area contributed by atoms with Crippen molar-refractivity contribution in [2.45, 2.75) is 44.3 Å². The normalized spacial score (nSPS) is 19.1. The van der Waals surface area contributed by atoms with Gasteiger partial charge in [0.1, 0.15) is 24.0 Å². The molecule has 3 atom stereocenters. The second kappa shape index (κ2) is 11.2. The fraction of sp³-hybridized carbons (Fsp3) is 0.258. The smallest absolute Gasteiger partial charge is 0.330 e. The van der Waals surface area contributed by atoms with E-state index in [4.69, 9.17) is 14.2 Å². The molecule has 0 saturated carbocycles. The number of aromatic amines is 1. The third-order valence-corrected chi connectivity index (χ3v) is 6.96. The van der Waals surface area contributed by atoms with Gasteiger partial charge in [-0.05, 0) is 23.6 Å². The number of carbonyl (C=O) groups is 1. The van der Waals surface area contributed by atoms with Crippen LogP contribution in [0, 0.1) is 6.92 Å². The molecule has 39 heavy (non-hydrogen) atoms. The van der Waals surface area contributed by atoms with Gasteiger partial charge in [-0.3, -0.25) is 19.1 Å². The first kappa shape index (κ1) is 26.3. The van der Waals surface area contributed by atoms with Crippen LogP contribution in [0.25, 0.3) is 0 Å². The molecule has 0 amide bonds. The minimum Gasteiger partial charge on any atom is -0.460 e. The first-order valence-electron chi connectivity index (χ1n) is 12.8. The predicted octanol–water partition coefficient (Wildman–Crippen LogP) is 4.07. The lowest BCUT2D eigenvalue weighted by Gasteiger charge is -2.37. The average molecular weight is 527 g/mol. The fourth-order valence-corrected chi connectivity index (χ4v) is 5.13. The van der Waals surface area contributed by atoms with Crippen molar-refractivity contribution in [2.75, 3.05) is 6.61 Å². The van der Waals surface area contributed by atoms with E-state index in [0.29, 0.717) is 5.56 Å². The van der Waals surface area contributed by atoms with Crippen LogP contribution in [0.1, 0.15) is 41.8 Å². The van der Waals surface area contributed by atoms with Gasteiger partial charge < -0.3 is 14.2 Å². The van der Waals surface area contributed by atoms with Crippen molar-refractivity contribution < 1.29 is 19.0 Å². The summed E-state index contributed by atoms with van der Waals surface area (Å²) in [6, 6.07) is 29.8. The second-order valence-electron chi connectivity index (χ2n) is 9.58. The molecule has 1 fully saturated rings. The van der Waals surface area contributed by atoms with Gasteiger partial charge in [0.05, 0.1) is 6.61 Å². The summed E-state index contributed by atoms with van der Waals surface area (Å²) < 4.78 is 20.1. The van der Waals surface area contributed by atoms with E-state index in [-0.39, 0.29) is 13.0 Å². The van der Waals surface area contributed by atoms with Gasteiger partial charge in [-0.1, -0.05) is 91.0 Å². The molecule has 5 rings (SSSR count). The second-order valence-corrected chi connectivity index (χ2v) is 9.58. The molecule has 0 bridgehead atoms. The van der Waals surface area contributed by atoms with Gasteiger partial charge in [-0.25, -0.2) is 4.79 Å². The largest absolute Gasteiger partial charge is 0.460 e. The highest BCUT2D eigenvalue weighted by Crippen LogP contribution is 2.41. The van der Waals surface area contributed by atoms with E-state index in [2.05, 4.69) is 4.98 Å². The Morgan fingerprint density at radius 3 is 1.92 bits per heavy atom. The molecule has 3 unspecified atom stereocenters. The molecular weight excluding hydrogens is 496 g/mol. The number of rotatable bonds is 8. The molecule has 200 valence electrons. The molecule has 1 aromatic heterocycles. The maximum absolute atomic E-state index is 12.6. The Labute approximate surface area is 225 Å². The number of hydrogen-bond donors (Lipinski definition) is 1. The molecule has 1 aliphatic heterocycles. The number of aryl methyl sites for hydroxylation is 1. The van der Waals surface area contributed by atoms with Gasteiger partial charge in [0.15, 0.2) is 0 Å². The van der Waals surface area contributed by atoms with Crippen LogP contribution in [0.15, 0.2) is 107 Å². The van der Waals surface area contributed by atoms with Crippen molar-refractivity contribution in [3.05, 3.63) is 140 Å². The molecule has 0 spiro atoms. The zero-order valence-electron chi connectivity index (χ0n) is 21.8. The fourth-order valence-electron chi connectivity index (χ4n) is 5.13. The van der Waals surface area contributed by atoms with Crippen LogP contribution in [-0.2, 0) is 24.6 Å². The molecule has 8 nitrogen and oxygen atoms in total. The summed E-state index contributed by atoms with van der Waals surface area (Å²) in [7, 11) is 0. The highest BCUT2D eigenvalue weighted by molar-refractivity contribution is 5.66. The Kier molecular flexibility index (Phi) is 7.58. The Bertz CT molecular complexity index is 1440. The van der Waals surface area contributed by atoms with E-state index >= 15 is 0 Å². The van der Waals surface area contributed by atoms with Crippen LogP contribution in [0.3, 0.4) is 0 Å². The Balaban J connectivity index is 1.54. The van der Waals surface area contributed by atoms with Crippen molar-refractivity contribution in [3.63, 3.8) is 0 Å². The maximum atomic E-state index is 12.6. The predicted molar refractivity (Wildman–Crippen MR) is 145 cm³/mol. The molecule has 1 aliphatic rings. The molecule has 3 aromatic carbocycles. The highest BCUT2D eigenvalue weighted by Gasteiger charge is 2.43. The Morgan fingerprint density at radius 1 is 0.923 bits per heavy atom. The van der Waals surface area contributed by atoms with Crippen molar-refractivity contribution in [3.8, 4) is 0 Å². The molecule has 0 radical (unpaired) electrons. The van der Waals surface area contributed by atoms with Crippen LogP contribution >= 0.6 is 0 Å². The lowest BCUT2D eigenvalue weighted by atomic mass is 9.80. The summed E-state index contributed by atoms with van der Waals surface area (Å²) in [5.74, 6) is -0.459. The molecule has 0 aliphatic carbocycles. The number of nitrogens with one attached hydrogen (secondary N) is 1. The van der Waals surface area contributed by atoms with Crippen LogP contribution in [0.4, 0.5) is 0 Å². The van der Waals surface area contributed by atoms with Gasteiger partial charge in [-0.15, -0.1) is 0 Å². The summed E-state index contributed by atoms with van der Waals surface area (Å²) in [6.45, 7) is 3.01. The zero-order chi connectivity index (χ0) is 27.4. The number of esters is 1. The van der Waals surface area contributed by atoms with Gasteiger partial charge in [0, 0.05) is 25.1 Å². The molecule has 1 N–H and O–H groups in total. The summed E-state index contributed by atoms with van der Waals surface area (Å²) >= 11 is 0. The number of hydrogen-bond acceptors (Lipinski definition) is 6. The van der Waals surface area contributed by atoms with Crippen molar-refractivity contribution in [1.82, 2.24) is 9.55 Å². The quantitative estimate of drug-likeness (QED) is 0.275. The average Bonchev–Trinajstić information content (AvgIpc) is 3.34. The molecular formula is C31H30N2O6. The van der Waals surface area contributed by atoms with E-state index in [0.717, 1.165) is 16.7 Å². The minimum absolute atomic E-state index is 0.0597. The third kappa shape index (κ3) is 5.34. The molecule has 4 aromatic rings. The van der Waals surface area contributed by atoms with E-state index in [1.54, 1.807) is 6.92 Å². The topological polar surface area (TPSA) is 99.6 Å². The SMILES string of the molecule is CC(=O)OC1CC(n2cc(C)c(=O)[nH]c2=O)OC1COC(c1ccccc1)(c1ccccc1)c1ccccc1. The van der Waals surface area contributed by atoms with Crippen LogP contribution in [-0.4, -0.2) is 34.3 Å². The van der Waals surface area contributed by atoms with E-state index in [1.807, 2.05) is 91.0 Å². The summed E-state index contributed by atoms with van der Waals surface area (Å²) in [5.41, 5.74) is 1.11. The number of nitrogens with zero attached hydrogens (tertiary/aromatic N) is 1. The van der Waals surface area contributed by atoms with E-state index in [9.17, 15) is 14.4 Å². The van der Waals surface area contributed by atoms with Gasteiger partial charge in [0.2, 0.25) is 0 Å². The Hall–Kier alpha value is -4.27. The van der Waals surface area contributed by atoms with Crippen molar-refractivity contribution >= 4 is 5.97 Å². The maximum Gasteiger partial charge on any atom is 0.330 e. The van der Waals surface area contributed by atoms with Crippen LogP contribution in [0.5, 0.6) is 0 Å². The molecule has 8 heteroatoms. The van der Waals surface area contributed by atoms with Crippen molar-refractivity contribution in [1.29, 1.82) is 0 Å². The number of H-pyrrole nitrogens is 1. The monoisotopic (exact) mass is 526 g/mol. The summed E-state index contributed by atoms with van der Waals surface area (Å²) in [4.78, 5) is 38.8. The van der Waals surface area contributed by atoms with Gasteiger partial charge >= 0.3 is 11.7 Å². The molecule has 2 heterocycles. The lowest BCUT2D eigenvalue weighted by Crippen LogP contribution is -2.39. The van der Waals surface area contributed by atoms with Crippen LogP contribution < -0.4 is 11.2 Å². The van der Waals surface area contributed by atoms with Crippen molar-refractivity contribution in [2.24, 2.45) is 0 Å². The lowest BCUT2D eigenvalue weighted by molar-refractivity contribution is -0.153. The zero-order valence-corrected chi connectivity index (χ0v) is 21.8. The minimum atomic E-state index is -0.989. The third-order valence-electron chi connectivity index (χ3n) is 6.96. The molecule has 1 saturated heterocycles. The number of benzene rings is 3.